The molecule has 1 heterocycles. The van der Waals surface area contributed by atoms with Gasteiger partial charge in [-0.3, -0.25) is 0 Å². The Morgan fingerprint density at radius 3 is 2.85 bits per heavy atom. The third-order valence-corrected chi connectivity index (χ3v) is 6.73. The molecule has 1 fully saturated rings. The number of nitrogens with zero attached hydrogens (tertiary/aromatic N) is 1. The zero-order valence-electron chi connectivity index (χ0n) is 13.2. The fourth-order valence-corrected chi connectivity index (χ4v) is 5.43. The van der Waals surface area contributed by atoms with E-state index in [0.717, 1.165) is 24.1 Å². The van der Waals surface area contributed by atoms with Crippen LogP contribution in [-0.2, 0) is 0 Å². The van der Waals surface area contributed by atoms with Crippen molar-refractivity contribution in [1.29, 1.82) is 0 Å². The van der Waals surface area contributed by atoms with E-state index in [9.17, 15) is 0 Å². The highest BCUT2D eigenvalue weighted by molar-refractivity contribution is 8.01. The van der Waals surface area contributed by atoms with Gasteiger partial charge in [-0.2, -0.15) is 0 Å². The molecular formula is C16H28N2S2. The standard InChI is InChI=1S/C16H28N2S2/c1-5-8-17-14-7-6-13(11(2)3)9-15(14)20-16-18-12(4)10-19-16/h10-11,13-15,17H,5-9H2,1-4H3. The van der Waals surface area contributed by atoms with Gasteiger partial charge in [0.05, 0.1) is 0 Å². The predicted octanol–water partition coefficient (Wildman–Crippen LogP) is 4.74. The highest BCUT2D eigenvalue weighted by Crippen LogP contribution is 2.40. The highest BCUT2D eigenvalue weighted by Gasteiger charge is 2.32. The van der Waals surface area contributed by atoms with Gasteiger partial charge in [-0.25, -0.2) is 4.98 Å². The lowest BCUT2D eigenvalue weighted by Gasteiger charge is -2.37. The SMILES string of the molecule is CCCNC1CCC(C(C)C)CC1Sc1nc(C)cs1. The third-order valence-electron chi connectivity index (χ3n) is 4.28. The fourth-order valence-electron chi connectivity index (χ4n) is 2.98. The first-order valence-corrected chi connectivity index (χ1v) is 9.68. The maximum absolute atomic E-state index is 4.64. The van der Waals surface area contributed by atoms with Gasteiger partial charge in [0.1, 0.15) is 4.34 Å². The van der Waals surface area contributed by atoms with Gasteiger partial charge in [0.15, 0.2) is 0 Å². The van der Waals surface area contributed by atoms with Crippen molar-refractivity contribution in [2.24, 2.45) is 11.8 Å². The summed E-state index contributed by atoms with van der Waals surface area (Å²) >= 11 is 3.81. The zero-order valence-corrected chi connectivity index (χ0v) is 14.8. The molecule has 1 aromatic heterocycles. The molecule has 0 radical (unpaired) electrons. The van der Waals surface area contributed by atoms with E-state index >= 15 is 0 Å². The second-order valence-corrected chi connectivity index (χ2v) is 8.63. The van der Waals surface area contributed by atoms with Crippen LogP contribution in [0, 0.1) is 18.8 Å². The maximum atomic E-state index is 4.64. The summed E-state index contributed by atoms with van der Waals surface area (Å²) in [6.45, 7) is 10.2. The van der Waals surface area contributed by atoms with Gasteiger partial charge in [-0.1, -0.05) is 32.5 Å². The van der Waals surface area contributed by atoms with E-state index in [4.69, 9.17) is 0 Å². The Balaban J connectivity index is 2.00. The molecule has 1 aliphatic carbocycles. The van der Waals surface area contributed by atoms with E-state index < -0.39 is 0 Å². The number of nitrogens with one attached hydrogen (secondary N) is 1. The molecule has 0 saturated heterocycles. The van der Waals surface area contributed by atoms with Crippen LogP contribution in [0.1, 0.15) is 52.1 Å². The third kappa shape index (κ3) is 4.47. The molecule has 0 spiro atoms. The lowest BCUT2D eigenvalue weighted by molar-refractivity contribution is 0.246. The van der Waals surface area contributed by atoms with E-state index in [1.54, 1.807) is 11.3 Å². The number of thiazole rings is 1. The molecule has 1 N–H and O–H groups in total. The molecule has 2 rings (SSSR count). The monoisotopic (exact) mass is 312 g/mol. The first kappa shape index (κ1) is 16.3. The lowest BCUT2D eigenvalue weighted by atomic mass is 9.79. The second-order valence-electron chi connectivity index (χ2n) is 6.29. The topological polar surface area (TPSA) is 24.9 Å². The zero-order chi connectivity index (χ0) is 14.5. The van der Waals surface area contributed by atoms with E-state index in [2.05, 4.69) is 43.4 Å². The molecular weight excluding hydrogens is 284 g/mol. The normalized spacial score (nSPS) is 27.1. The summed E-state index contributed by atoms with van der Waals surface area (Å²) in [4.78, 5) is 4.64. The van der Waals surface area contributed by atoms with Crippen LogP contribution in [0.4, 0.5) is 0 Å². The molecule has 1 aromatic rings. The van der Waals surface area contributed by atoms with Gasteiger partial charge in [0.2, 0.25) is 0 Å². The van der Waals surface area contributed by atoms with E-state index in [0.29, 0.717) is 11.3 Å². The number of hydrogen-bond acceptors (Lipinski definition) is 4. The van der Waals surface area contributed by atoms with E-state index in [1.165, 1.54) is 30.0 Å². The molecule has 114 valence electrons. The Kier molecular flexibility index (Phi) is 6.37. The van der Waals surface area contributed by atoms with Gasteiger partial charge in [-0.15, -0.1) is 11.3 Å². The van der Waals surface area contributed by atoms with Gasteiger partial charge in [-0.05, 0) is 51.0 Å². The van der Waals surface area contributed by atoms with E-state index in [-0.39, 0.29) is 0 Å². The predicted molar refractivity (Wildman–Crippen MR) is 90.8 cm³/mol. The summed E-state index contributed by atoms with van der Waals surface area (Å²) in [5.74, 6) is 1.69. The number of aromatic nitrogens is 1. The van der Waals surface area contributed by atoms with Crippen molar-refractivity contribution in [2.75, 3.05) is 6.54 Å². The first-order chi connectivity index (χ1) is 9.60. The Morgan fingerprint density at radius 2 is 2.25 bits per heavy atom. The van der Waals surface area contributed by atoms with Crippen molar-refractivity contribution in [3.63, 3.8) is 0 Å². The minimum absolute atomic E-state index is 0.666. The molecule has 3 atom stereocenters. The van der Waals surface area contributed by atoms with Crippen LogP contribution in [0.15, 0.2) is 9.72 Å². The number of thioether (sulfide) groups is 1. The van der Waals surface area contributed by atoms with Crippen molar-refractivity contribution in [1.82, 2.24) is 10.3 Å². The average molecular weight is 313 g/mol. The molecule has 4 heteroatoms. The number of aryl methyl sites for hydroxylation is 1. The minimum atomic E-state index is 0.666. The van der Waals surface area contributed by atoms with Crippen LogP contribution in [0.25, 0.3) is 0 Å². The Hall–Kier alpha value is -0.0600. The van der Waals surface area contributed by atoms with Crippen LogP contribution < -0.4 is 5.32 Å². The Morgan fingerprint density at radius 1 is 1.45 bits per heavy atom. The fraction of sp³-hybridized carbons (Fsp3) is 0.812. The van der Waals surface area contributed by atoms with Crippen molar-refractivity contribution in [3.05, 3.63) is 11.1 Å². The van der Waals surface area contributed by atoms with Crippen molar-refractivity contribution in [2.45, 2.75) is 69.0 Å². The van der Waals surface area contributed by atoms with Gasteiger partial charge >= 0.3 is 0 Å². The molecule has 20 heavy (non-hydrogen) atoms. The van der Waals surface area contributed by atoms with Gasteiger partial charge in [0.25, 0.3) is 0 Å². The Bertz CT molecular complexity index is 403. The van der Waals surface area contributed by atoms with E-state index in [1.807, 2.05) is 11.8 Å². The molecule has 0 amide bonds. The summed E-state index contributed by atoms with van der Waals surface area (Å²) in [6.07, 6.45) is 5.26. The summed E-state index contributed by atoms with van der Waals surface area (Å²) in [5, 5.41) is 6.62. The van der Waals surface area contributed by atoms with Crippen LogP contribution in [0.2, 0.25) is 0 Å². The Labute approximate surface area is 132 Å². The molecule has 0 aromatic carbocycles. The van der Waals surface area contributed by atoms with Crippen LogP contribution >= 0.6 is 23.1 Å². The summed E-state index contributed by atoms with van der Waals surface area (Å²) in [6, 6.07) is 0.666. The van der Waals surface area contributed by atoms with Crippen molar-refractivity contribution < 1.29 is 0 Å². The molecule has 3 unspecified atom stereocenters. The van der Waals surface area contributed by atoms with Gasteiger partial charge < -0.3 is 5.32 Å². The van der Waals surface area contributed by atoms with Crippen LogP contribution in [-0.4, -0.2) is 22.8 Å². The summed E-state index contributed by atoms with van der Waals surface area (Å²) < 4.78 is 1.25. The molecule has 1 aliphatic rings. The smallest absolute Gasteiger partial charge is 0.150 e. The number of hydrogen-bond donors (Lipinski definition) is 1. The van der Waals surface area contributed by atoms with Crippen molar-refractivity contribution in [3.8, 4) is 0 Å². The summed E-state index contributed by atoms with van der Waals surface area (Å²) in [5.41, 5.74) is 1.16. The molecule has 0 bridgehead atoms. The van der Waals surface area contributed by atoms with Crippen LogP contribution in [0.5, 0.6) is 0 Å². The quantitative estimate of drug-likeness (QED) is 0.821. The maximum Gasteiger partial charge on any atom is 0.150 e. The number of rotatable bonds is 6. The highest BCUT2D eigenvalue weighted by atomic mass is 32.2. The minimum Gasteiger partial charge on any atom is -0.313 e. The second kappa shape index (κ2) is 7.81. The van der Waals surface area contributed by atoms with Crippen molar-refractivity contribution >= 4 is 23.1 Å². The van der Waals surface area contributed by atoms with Gasteiger partial charge in [0, 0.05) is 22.4 Å². The largest absolute Gasteiger partial charge is 0.313 e. The summed E-state index contributed by atoms with van der Waals surface area (Å²) in [7, 11) is 0. The molecule has 2 nitrogen and oxygen atoms in total. The average Bonchev–Trinajstić information content (AvgIpc) is 2.82. The molecule has 1 saturated carbocycles. The first-order valence-electron chi connectivity index (χ1n) is 7.92. The molecule has 0 aliphatic heterocycles. The lowest BCUT2D eigenvalue weighted by Crippen LogP contribution is -2.43. The van der Waals surface area contributed by atoms with Crippen LogP contribution in [0.3, 0.4) is 0 Å².